The van der Waals surface area contributed by atoms with Crippen molar-refractivity contribution in [2.75, 3.05) is 13.6 Å². The normalized spacial score (nSPS) is 10.9. The van der Waals surface area contributed by atoms with Gasteiger partial charge in [0.15, 0.2) is 0 Å². The Morgan fingerprint density at radius 3 is 2.72 bits per heavy atom. The highest BCUT2D eigenvalue weighted by molar-refractivity contribution is 7.18. The molecule has 3 aromatic rings. The molecule has 0 unspecified atom stereocenters. The molecule has 0 spiro atoms. The van der Waals surface area contributed by atoms with Gasteiger partial charge in [-0.05, 0) is 43.5 Å². The zero-order valence-electron chi connectivity index (χ0n) is 14.5. The van der Waals surface area contributed by atoms with Crippen molar-refractivity contribution in [3.63, 3.8) is 0 Å². The highest BCUT2D eigenvalue weighted by Crippen LogP contribution is 2.22. The van der Waals surface area contributed by atoms with Crippen LogP contribution in [0.1, 0.15) is 30.0 Å². The van der Waals surface area contributed by atoms with Gasteiger partial charge in [-0.3, -0.25) is 9.78 Å². The van der Waals surface area contributed by atoms with Gasteiger partial charge in [0.2, 0.25) is 5.91 Å². The molecule has 2 aromatic heterocycles. The van der Waals surface area contributed by atoms with Crippen LogP contribution in [-0.2, 0) is 17.6 Å². The van der Waals surface area contributed by atoms with Crippen LogP contribution in [0.2, 0.25) is 0 Å². The number of para-hydroxylation sites is 1. The lowest BCUT2D eigenvalue weighted by atomic mass is 10.2. The fourth-order valence-electron chi connectivity index (χ4n) is 2.72. The number of amides is 1. The number of thiazole rings is 1. The minimum Gasteiger partial charge on any atom is -0.345 e. The van der Waals surface area contributed by atoms with Gasteiger partial charge in [-0.1, -0.05) is 18.2 Å². The first-order chi connectivity index (χ1) is 12.2. The van der Waals surface area contributed by atoms with Gasteiger partial charge in [-0.15, -0.1) is 11.3 Å². The van der Waals surface area contributed by atoms with Crippen LogP contribution in [0.3, 0.4) is 0 Å². The predicted molar refractivity (Wildman–Crippen MR) is 103 cm³/mol. The Bertz CT molecular complexity index is 783. The molecule has 0 saturated heterocycles. The first-order valence-electron chi connectivity index (χ1n) is 8.71. The SMILES string of the molecule is CN(CCc1ccccn1)C(=O)CCCCc1nc2ccccc2s1. The quantitative estimate of drug-likeness (QED) is 0.573. The molecule has 0 aliphatic carbocycles. The lowest BCUT2D eigenvalue weighted by molar-refractivity contribution is -0.130. The molecule has 4 nitrogen and oxygen atoms in total. The molecule has 130 valence electrons. The van der Waals surface area contributed by atoms with Crippen LogP contribution in [-0.4, -0.2) is 34.4 Å². The van der Waals surface area contributed by atoms with E-state index >= 15 is 0 Å². The van der Waals surface area contributed by atoms with E-state index in [1.165, 1.54) is 4.70 Å². The van der Waals surface area contributed by atoms with E-state index in [2.05, 4.69) is 22.1 Å². The Hall–Kier alpha value is -2.27. The summed E-state index contributed by atoms with van der Waals surface area (Å²) in [5.74, 6) is 0.209. The number of carbonyl (C=O) groups is 1. The molecule has 1 aromatic carbocycles. The summed E-state index contributed by atoms with van der Waals surface area (Å²) in [5, 5.41) is 1.16. The second kappa shape index (κ2) is 8.72. The van der Waals surface area contributed by atoms with E-state index in [0.29, 0.717) is 13.0 Å². The van der Waals surface area contributed by atoms with Crippen LogP contribution in [0.4, 0.5) is 0 Å². The Balaban J connectivity index is 1.37. The second-order valence-corrected chi connectivity index (χ2v) is 7.28. The van der Waals surface area contributed by atoms with E-state index in [9.17, 15) is 4.79 Å². The maximum absolute atomic E-state index is 12.2. The lowest BCUT2D eigenvalue weighted by Crippen LogP contribution is -2.28. The van der Waals surface area contributed by atoms with E-state index in [1.54, 1.807) is 17.5 Å². The van der Waals surface area contributed by atoms with Crippen LogP contribution >= 0.6 is 11.3 Å². The zero-order chi connectivity index (χ0) is 17.5. The average molecular weight is 353 g/mol. The highest BCUT2D eigenvalue weighted by atomic mass is 32.1. The highest BCUT2D eigenvalue weighted by Gasteiger charge is 2.09. The molecule has 0 atom stereocenters. The number of aromatic nitrogens is 2. The van der Waals surface area contributed by atoms with Gasteiger partial charge < -0.3 is 4.90 Å². The number of hydrogen-bond donors (Lipinski definition) is 0. The van der Waals surface area contributed by atoms with E-state index in [4.69, 9.17) is 0 Å². The van der Waals surface area contributed by atoms with E-state index in [1.807, 2.05) is 42.3 Å². The molecule has 0 N–H and O–H groups in total. The maximum Gasteiger partial charge on any atom is 0.222 e. The van der Waals surface area contributed by atoms with Gasteiger partial charge in [0.25, 0.3) is 0 Å². The van der Waals surface area contributed by atoms with Gasteiger partial charge >= 0.3 is 0 Å². The third kappa shape index (κ3) is 5.10. The number of aryl methyl sites for hydroxylation is 1. The molecule has 0 aliphatic rings. The van der Waals surface area contributed by atoms with Crippen LogP contribution in [0.15, 0.2) is 48.7 Å². The minimum atomic E-state index is 0.209. The van der Waals surface area contributed by atoms with Crippen LogP contribution in [0.5, 0.6) is 0 Å². The largest absolute Gasteiger partial charge is 0.345 e. The van der Waals surface area contributed by atoms with Gasteiger partial charge in [0, 0.05) is 38.3 Å². The molecule has 0 bridgehead atoms. The number of unbranched alkanes of at least 4 members (excludes halogenated alkanes) is 1. The van der Waals surface area contributed by atoms with Crippen molar-refractivity contribution in [3.05, 3.63) is 59.4 Å². The van der Waals surface area contributed by atoms with Gasteiger partial charge in [-0.2, -0.15) is 0 Å². The fraction of sp³-hybridized carbons (Fsp3) is 0.350. The Morgan fingerprint density at radius 2 is 1.92 bits per heavy atom. The molecule has 2 heterocycles. The molecule has 0 saturated carbocycles. The van der Waals surface area contributed by atoms with E-state index in [-0.39, 0.29) is 5.91 Å². The van der Waals surface area contributed by atoms with Crippen LogP contribution in [0, 0.1) is 0 Å². The van der Waals surface area contributed by atoms with Crippen molar-refractivity contribution in [1.29, 1.82) is 0 Å². The number of hydrogen-bond acceptors (Lipinski definition) is 4. The number of likely N-dealkylation sites (N-methyl/N-ethyl adjacent to an activating group) is 1. The number of pyridine rings is 1. The smallest absolute Gasteiger partial charge is 0.222 e. The van der Waals surface area contributed by atoms with Crippen molar-refractivity contribution in [1.82, 2.24) is 14.9 Å². The topological polar surface area (TPSA) is 46.1 Å². The van der Waals surface area contributed by atoms with Gasteiger partial charge in [0.1, 0.15) is 0 Å². The number of benzene rings is 1. The molecule has 5 heteroatoms. The van der Waals surface area contributed by atoms with Crippen LogP contribution < -0.4 is 0 Å². The summed E-state index contributed by atoms with van der Waals surface area (Å²) in [5.41, 5.74) is 2.10. The first kappa shape index (κ1) is 17.5. The number of rotatable bonds is 8. The molecule has 25 heavy (non-hydrogen) atoms. The van der Waals surface area contributed by atoms with Crippen molar-refractivity contribution in [2.24, 2.45) is 0 Å². The Kier molecular flexibility index (Phi) is 6.12. The number of fused-ring (bicyclic) bond motifs is 1. The molecule has 0 radical (unpaired) electrons. The fourth-order valence-corrected chi connectivity index (χ4v) is 3.73. The summed E-state index contributed by atoms with van der Waals surface area (Å²) in [6.45, 7) is 0.716. The summed E-state index contributed by atoms with van der Waals surface area (Å²) in [6.07, 6.45) is 6.05. The maximum atomic E-state index is 12.2. The second-order valence-electron chi connectivity index (χ2n) is 6.17. The predicted octanol–water partition coefficient (Wildman–Crippen LogP) is 4.11. The van der Waals surface area contributed by atoms with Crippen LogP contribution in [0.25, 0.3) is 10.2 Å². The third-order valence-corrected chi connectivity index (χ3v) is 5.32. The van der Waals surface area contributed by atoms with Crippen molar-refractivity contribution >= 4 is 27.5 Å². The zero-order valence-corrected chi connectivity index (χ0v) is 15.3. The Labute approximate surface area is 152 Å². The van der Waals surface area contributed by atoms with Crippen molar-refractivity contribution in [3.8, 4) is 0 Å². The summed E-state index contributed by atoms with van der Waals surface area (Å²) in [6, 6.07) is 14.1. The average Bonchev–Trinajstić information content (AvgIpc) is 3.06. The van der Waals surface area contributed by atoms with Gasteiger partial charge in [0.05, 0.1) is 15.2 Å². The molecular weight excluding hydrogens is 330 g/mol. The lowest BCUT2D eigenvalue weighted by Gasteiger charge is -2.16. The van der Waals surface area contributed by atoms with E-state index < -0.39 is 0 Å². The van der Waals surface area contributed by atoms with Crippen molar-refractivity contribution in [2.45, 2.75) is 32.1 Å². The third-order valence-electron chi connectivity index (χ3n) is 4.22. The number of nitrogens with zero attached hydrogens (tertiary/aromatic N) is 3. The standard InChI is InChI=1S/C20H23N3OS/c1-23(15-13-16-8-6-7-14-21-16)20(24)12-5-4-11-19-22-17-9-2-3-10-18(17)25-19/h2-3,6-10,14H,4-5,11-13,15H2,1H3. The van der Waals surface area contributed by atoms with Crippen molar-refractivity contribution < 1.29 is 4.79 Å². The Morgan fingerprint density at radius 1 is 1.08 bits per heavy atom. The minimum absolute atomic E-state index is 0.209. The summed E-state index contributed by atoms with van der Waals surface area (Å²) < 4.78 is 1.24. The summed E-state index contributed by atoms with van der Waals surface area (Å²) >= 11 is 1.75. The monoisotopic (exact) mass is 353 g/mol. The molecule has 0 aliphatic heterocycles. The molecule has 0 fully saturated rings. The molecular formula is C20H23N3OS. The molecule has 1 amide bonds. The summed E-state index contributed by atoms with van der Waals surface area (Å²) in [7, 11) is 1.87. The summed E-state index contributed by atoms with van der Waals surface area (Å²) in [4.78, 5) is 23.0. The first-order valence-corrected chi connectivity index (χ1v) is 9.52. The molecule has 3 rings (SSSR count). The number of carbonyl (C=O) groups excluding carboxylic acids is 1. The van der Waals surface area contributed by atoms with E-state index in [0.717, 1.165) is 41.9 Å². The van der Waals surface area contributed by atoms with Gasteiger partial charge in [-0.25, -0.2) is 4.98 Å².